The van der Waals surface area contributed by atoms with Gasteiger partial charge in [0.1, 0.15) is 0 Å². The van der Waals surface area contributed by atoms with Crippen LogP contribution in [-0.2, 0) is 23.2 Å². The number of rotatable bonds is 4. The van der Waals surface area contributed by atoms with Gasteiger partial charge in [-0.3, -0.25) is 9.29 Å². The molecule has 128 valence electrons. The Morgan fingerprint density at radius 2 is 1.75 bits per heavy atom. The van der Waals surface area contributed by atoms with Gasteiger partial charge in [0.2, 0.25) is 0 Å². The molecule has 0 saturated carbocycles. The molecule has 2 aromatic rings. The third-order valence-corrected chi connectivity index (χ3v) is 6.22. The summed E-state index contributed by atoms with van der Waals surface area (Å²) in [6.45, 7) is 6.57. The van der Waals surface area contributed by atoms with E-state index in [1.165, 1.54) is 8.61 Å². The minimum absolute atomic E-state index is 0.304. The zero-order valence-electron chi connectivity index (χ0n) is 14.5. The average molecular weight is 345 g/mol. The number of anilines is 2. The summed E-state index contributed by atoms with van der Waals surface area (Å²) in [6.07, 6.45) is 0.779. The summed E-state index contributed by atoms with van der Waals surface area (Å²) in [7, 11) is -1.94. The highest BCUT2D eigenvalue weighted by atomic mass is 32.2. The van der Waals surface area contributed by atoms with Gasteiger partial charge >= 0.3 is 10.2 Å². The number of benzene rings is 1. The lowest BCUT2D eigenvalue weighted by molar-refractivity contribution is 0.591. The van der Waals surface area contributed by atoms with E-state index in [1.807, 2.05) is 36.4 Å². The highest BCUT2D eigenvalue weighted by molar-refractivity contribution is 7.94. The van der Waals surface area contributed by atoms with Gasteiger partial charge in [0.15, 0.2) is 0 Å². The smallest absolute Gasteiger partial charge is 0.257 e. The van der Waals surface area contributed by atoms with Crippen LogP contribution in [0.2, 0.25) is 0 Å². The van der Waals surface area contributed by atoms with E-state index in [-0.39, 0.29) is 0 Å². The Hall–Kier alpha value is -2.08. The fraction of sp³-hybridized carbons (Fsp3) is 0.389. The first kappa shape index (κ1) is 16.8. The van der Waals surface area contributed by atoms with Crippen molar-refractivity contribution in [2.45, 2.75) is 39.7 Å². The van der Waals surface area contributed by atoms with Gasteiger partial charge in [0.05, 0.1) is 17.9 Å². The van der Waals surface area contributed by atoms with Gasteiger partial charge in [0, 0.05) is 18.4 Å². The third-order valence-electron chi connectivity index (χ3n) is 4.44. The van der Waals surface area contributed by atoms with Crippen LogP contribution < -0.4 is 8.61 Å². The lowest BCUT2D eigenvalue weighted by Crippen LogP contribution is -2.35. The Balaban J connectivity index is 2.02. The molecule has 1 aliphatic rings. The molecule has 0 N–H and O–H groups in total. The van der Waals surface area contributed by atoms with Crippen molar-refractivity contribution in [2.24, 2.45) is 0 Å². The monoisotopic (exact) mass is 345 g/mol. The molecule has 0 aliphatic carbocycles. The van der Waals surface area contributed by atoms with Crippen LogP contribution in [0, 0.1) is 0 Å². The van der Waals surface area contributed by atoms with Crippen LogP contribution in [0.1, 0.15) is 43.6 Å². The van der Waals surface area contributed by atoms with Crippen LogP contribution in [0.5, 0.6) is 0 Å². The summed E-state index contributed by atoms with van der Waals surface area (Å²) in [4.78, 5) is 4.72. The molecule has 2 heterocycles. The first-order valence-electron chi connectivity index (χ1n) is 8.20. The number of nitrogens with zero attached hydrogens (tertiary/aromatic N) is 3. The van der Waals surface area contributed by atoms with Crippen molar-refractivity contribution in [2.75, 3.05) is 15.7 Å². The van der Waals surface area contributed by atoms with E-state index in [9.17, 15) is 8.42 Å². The summed E-state index contributed by atoms with van der Waals surface area (Å²) in [5.41, 5.74) is 4.38. The van der Waals surface area contributed by atoms with Gasteiger partial charge in [-0.1, -0.05) is 39.0 Å². The molecule has 0 fully saturated rings. The standard InChI is InChI=1S/C18H23N3O2S/c1-5-15-14(10-11-16(19-15)13(2)3)12-21-18-9-7-6-8-17(18)20(4)24(21,22)23/h6-11,13H,5,12H2,1-4H3. The largest absolute Gasteiger partial charge is 0.326 e. The van der Waals surface area contributed by atoms with E-state index < -0.39 is 10.2 Å². The molecule has 0 saturated heterocycles. The quantitative estimate of drug-likeness (QED) is 0.852. The van der Waals surface area contributed by atoms with E-state index in [4.69, 9.17) is 4.98 Å². The number of aromatic nitrogens is 1. The highest BCUT2D eigenvalue weighted by Gasteiger charge is 2.37. The van der Waals surface area contributed by atoms with Gasteiger partial charge < -0.3 is 0 Å². The number of para-hydroxylation sites is 2. The molecular weight excluding hydrogens is 322 g/mol. The van der Waals surface area contributed by atoms with E-state index >= 15 is 0 Å². The molecule has 0 amide bonds. The molecule has 0 atom stereocenters. The molecule has 3 rings (SSSR count). The predicted octanol–water partition coefficient (Wildman–Crippen LogP) is 3.47. The summed E-state index contributed by atoms with van der Waals surface area (Å²) < 4.78 is 28.3. The van der Waals surface area contributed by atoms with Gasteiger partial charge in [0.25, 0.3) is 0 Å². The maximum Gasteiger partial charge on any atom is 0.326 e. The van der Waals surface area contributed by atoms with Crippen molar-refractivity contribution in [3.05, 3.63) is 53.3 Å². The molecule has 1 aromatic heterocycles. The SMILES string of the molecule is CCc1nc(C(C)C)ccc1CN1c2ccccc2N(C)S1(=O)=O. The minimum Gasteiger partial charge on any atom is -0.257 e. The van der Waals surface area contributed by atoms with Crippen LogP contribution >= 0.6 is 0 Å². The lowest BCUT2D eigenvalue weighted by Gasteiger charge is -2.21. The molecule has 1 aliphatic heterocycles. The van der Waals surface area contributed by atoms with Crippen LogP contribution in [0.4, 0.5) is 11.4 Å². The van der Waals surface area contributed by atoms with Crippen molar-refractivity contribution >= 4 is 21.6 Å². The van der Waals surface area contributed by atoms with Crippen molar-refractivity contribution in [3.8, 4) is 0 Å². The summed E-state index contributed by atoms with van der Waals surface area (Å²) in [5, 5.41) is 0. The molecule has 0 spiro atoms. The van der Waals surface area contributed by atoms with E-state index in [0.29, 0.717) is 18.2 Å². The Bertz CT molecular complexity index is 862. The normalized spacial score (nSPS) is 15.9. The number of hydrogen-bond acceptors (Lipinski definition) is 3. The number of fused-ring (bicyclic) bond motifs is 1. The number of aryl methyl sites for hydroxylation is 1. The number of hydrogen-bond donors (Lipinski definition) is 0. The first-order chi connectivity index (χ1) is 11.4. The highest BCUT2D eigenvalue weighted by Crippen LogP contribution is 2.40. The summed E-state index contributed by atoms with van der Waals surface area (Å²) >= 11 is 0. The predicted molar refractivity (Wildman–Crippen MR) is 97.7 cm³/mol. The number of pyridine rings is 1. The van der Waals surface area contributed by atoms with Crippen molar-refractivity contribution in [1.29, 1.82) is 0 Å². The van der Waals surface area contributed by atoms with Crippen LogP contribution in [0.15, 0.2) is 36.4 Å². The van der Waals surface area contributed by atoms with Crippen LogP contribution in [0.25, 0.3) is 0 Å². The van der Waals surface area contributed by atoms with Crippen LogP contribution in [0.3, 0.4) is 0 Å². The molecule has 5 nitrogen and oxygen atoms in total. The van der Waals surface area contributed by atoms with E-state index in [1.54, 1.807) is 7.05 Å². The van der Waals surface area contributed by atoms with Gasteiger partial charge in [-0.25, -0.2) is 4.31 Å². The molecule has 1 aromatic carbocycles. The molecule has 24 heavy (non-hydrogen) atoms. The fourth-order valence-corrected chi connectivity index (χ4v) is 4.38. The molecule has 0 unspecified atom stereocenters. The van der Waals surface area contributed by atoms with Gasteiger partial charge in [-0.15, -0.1) is 0 Å². The maximum atomic E-state index is 12.8. The summed E-state index contributed by atoms with van der Waals surface area (Å²) in [6, 6.07) is 11.4. The second kappa shape index (κ2) is 6.09. The molecule has 0 bridgehead atoms. The van der Waals surface area contributed by atoms with Crippen molar-refractivity contribution in [3.63, 3.8) is 0 Å². The fourth-order valence-electron chi connectivity index (χ4n) is 2.98. The zero-order valence-corrected chi connectivity index (χ0v) is 15.3. The Labute approximate surface area is 144 Å². The second-order valence-corrected chi connectivity index (χ2v) is 8.20. The van der Waals surface area contributed by atoms with Gasteiger partial charge in [-0.2, -0.15) is 8.42 Å². The van der Waals surface area contributed by atoms with E-state index in [2.05, 4.69) is 20.8 Å². The van der Waals surface area contributed by atoms with Crippen LogP contribution in [-0.4, -0.2) is 20.4 Å². The Kier molecular flexibility index (Phi) is 4.25. The Morgan fingerprint density at radius 1 is 1.08 bits per heavy atom. The first-order valence-corrected chi connectivity index (χ1v) is 9.60. The van der Waals surface area contributed by atoms with E-state index in [0.717, 1.165) is 29.1 Å². The zero-order chi connectivity index (χ0) is 17.5. The molecule has 6 heteroatoms. The second-order valence-electron chi connectivity index (χ2n) is 6.32. The third kappa shape index (κ3) is 2.65. The Morgan fingerprint density at radius 3 is 2.38 bits per heavy atom. The average Bonchev–Trinajstić information content (AvgIpc) is 2.76. The summed E-state index contributed by atoms with van der Waals surface area (Å²) in [5.74, 6) is 0.353. The minimum atomic E-state index is -3.54. The topological polar surface area (TPSA) is 53.5 Å². The lowest BCUT2D eigenvalue weighted by atomic mass is 10.1. The molecular formula is C18H23N3O2S. The molecule has 0 radical (unpaired) electrons. The van der Waals surface area contributed by atoms with Crippen molar-refractivity contribution in [1.82, 2.24) is 4.98 Å². The maximum absolute atomic E-state index is 12.8. The van der Waals surface area contributed by atoms with Crippen molar-refractivity contribution < 1.29 is 8.42 Å². The van der Waals surface area contributed by atoms with Gasteiger partial charge in [-0.05, 0) is 36.1 Å².